The van der Waals surface area contributed by atoms with Gasteiger partial charge in [0.25, 0.3) is 0 Å². The van der Waals surface area contributed by atoms with Crippen LogP contribution in [0.5, 0.6) is 0 Å². The van der Waals surface area contributed by atoms with Gasteiger partial charge in [0.05, 0.1) is 10.3 Å². The minimum atomic E-state index is -3.42. The Morgan fingerprint density at radius 3 is 2.67 bits per heavy atom. The van der Waals surface area contributed by atoms with Gasteiger partial charge in [-0.2, -0.15) is 0 Å². The maximum Gasteiger partial charge on any atom is 0.201 e. The fourth-order valence-electron chi connectivity index (χ4n) is 1.19. The van der Waals surface area contributed by atoms with Crippen LogP contribution in [0.3, 0.4) is 0 Å². The van der Waals surface area contributed by atoms with Crippen LogP contribution in [0.4, 0.5) is 0 Å². The molecular weight excluding hydrogens is 252 g/mol. The number of aryl methyl sites for hydroxylation is 1. The van der Waals surface area contributed by atoms with Crippen molar-refractivity contribution >= 4 is 9.84 Å². The van der Waals surface area contributed by atoms with Crippen molar-refractivity contribution in [2.75, 3.05) is 13.1 Å². The van der Waals surface area contributed by atoms with Gasteiger partial charge < -0.3 is 5.32 Å². The number of nitrogens with one attached hydrogen (secondary N) is 1. The maximum absolute atomic E-state index is 11.8. The van der Waals surface area contributed by atoms with Crippen molar-refractivity contribution in [3.63, 3.8) is 0 Å². The van der Waals surface area contributed by atoms with Gasteiger partial charge >= 0.3 is 0 Å². The molecule has 6 nitrogen and oxygen atoms in total. The first-order valence-corrected chi connectivity index (χ1v) is 6.83. The summed E-state index contributed by atoms with van der Waals surface area (Å²) in [5.41, 5.74) is 9.04. The SMILES string of the molecule is Cc1ccc(S(=O)(=O)C=CNCCN=[N+]=[N-])cc1. The molecule has 0 spiro atoms. The minimum absolute atomic E-state index is 0.251. The summed E-state index contributed by atoms with van der Waals surface area (Å²) in [6.45, 7) is 2.55. The molecule has 1 N–H and O–H groups in total. The van der Waals surface area contributed by atoms with Crippen LogP contribution in [0.15, 0.2) is 45.9 Å². The van der Waals surface area contributed by atoms with Gasteiger partial charge in [-0.15, -0.1) is 0 Å². The monoisotopic (exact) mass is 266 g/mol. The van der Waals surface area contributed by atoms with Crippen LogP contribution in [-0.2, 0) is 9.84 Å². The van der Waals surface area contributed by atoms with Crippen LogP contribution in [0.2, 0.25) is 0 Å². The fraction of sp³-hybridized carbons (Fsp3) is 0.273. The van der Waals surface area contributed by atoms with E-state index >= 15 is 0 Å². The summed E-state index contributed by atoms with van der Waals surface area (Å²) in [5, 5.41) is 7.13. The van der Waals surface area contributed by atoms with Crippen molar-refractivity contribution in [2.24, 2.45) is 5.11 Å². The maximum atomic E-state index is 11.8. The van der Waals surface area contributed by atoms with Crippen LogP contribution in [0.25, 0.3) is 10.4 Å². The first-order chi connectivity index (χ1) is 8.56. The zero-order chi connectivity index (χ0) is 13.4. The van der Waals surface area contributed by atoms with E-state index in [1.165, 1.54) is 6.20 Å². The molecule has 7 heteroatoms. The second-order valence-electron chi connectivity index (χ2n) is 3.57. The van der Waals surface area contributed by atoms with Gasteiger partial charge in [-0.3, -0.25) is 0 Å². The first kappa shape index (κ1) is 14.1. The molecule has 18 heavy (non-hydrogen) atoms. The molecule has 1 rings (SSSR count). The third-order valence-electron chi connectivity index (χ3n) is 2.13. The fourth-order valence-corrected chi connectivity index (χ4v) is 2.13. The molecule has 0 saturated carbocycles. The number of hydrogen-bond acceptors (Lipinski definition) is 4. The molecule has 0 saturated heterocycles. The van der Waals surface area contributed by atoms with Gasteiger partial charge in [0.2, 0.25) is 9.84 Å². The lowest BCUT2D eigenvalue weighted by atomic mass is 10.2. The second kappa shape index (κ2) is 6.68. The van der Waals surface area contributed by atoms with Crippen molar-refractivity contribution in [1.29, 1.82) is 0 Å². The quantitative estimate of drug-likeness (QED) is 0.370. The molecule has 0 unspecified atom stereocenters. The van der Waals surface area contributed by atoms with Gasteiger partial charge in [-0.1, -0.05) is 22.8 Å². The lowest BCUT2D eigenvalue weighted by Gasteiger charge is -2.00. The average Bonchev–Trinajstić information content (AvgIpc) is 2.34. The molecule has 1 aromatic rings. The Bertz CT molecular complexity index is 557. The van der Waals surface area contributed by atoms with Crippen molar-refractivity contribution in [3.05, 3.63) is 51.9 Å². The summed E-state index contributed by atoms with van der Waals surface area (Å²) in [5.74, 6) is 0. The summed E-state index contributed by atoms with van der Waals surface area (Å²) in [4.78, 5) is 2.83. The molecule has 0 radical (unpaired) electrons. The Morgan fingerprint density at radius 2 is 2.06 bits per heavy atom. The first-order valence-electron chi connectivity index (χ1n) is 5.29. The largest absolute Gasteiger partial charge is 0.390 e. The minimum Gasteiger partial charge on any atom is -0.390 e. The third-order valence-corrected chi connectivity index (χ3v) is 3.56. The highest BCUT2D eigenvalue weighted by Gasteiger charge is 2.08. The van der Waals surface area contributed by atoms with E-state index in [1.807, 2.05) is 6.92 Å². The molecule has 0 aliphatic heterocycles. The second-order valence-corrected chi connectivity index (χ2v) is 5.40. The van der Waals surface area contributed by atoms with Gasteiger partial charge in [-0.05, 0) is 24.6 Å². The molecule has 96 valence electrons. The van der Waals surface area contributed by atoms with Gasteiger partial charge in [-0.25, -0.2) is 8.42 Å². The Kier molecular flexibility index (Phi) is 5.23. The highest BCUT2D eigenvalue weighted by Crippen LogP contribution is 2.12. The predicted molar refractivity (Wildman–Crippen MR) is 69.5 cm³/mol. The third kappa shape index (κ3) is 4.48. The topological polar surface area (TPSA) is 94.9 Å². The van der Waals surface area contributed by atoms with E-state index in [0.717, 1.165) is 11.0 Å². The van der Waals surface area contributed by atoms with Crippen molar-refractivity contribution in [2.45, 2.75) is 11.8 Å². The number of hydrogen-bond donors (Lipinski definition) is 1. The summed E-state index contributed by atoms with van der Waals surface area (Å²) < 4.78 is 23.6. The molecule has 0 aliphatic carbocycles. The summed E-state index contributed by atoms with van der Waals surface area (Å²) in [7, 11) is -3.42. The number of sulfone groups is 1. The highest BCUT2D eigenvalue weighted by molar-refractivity contribution is 7.94. The van der Waals surface area contributed by atoms with Gasteiger partial charge in [0.1, 0.15) is 0 Å². The number of nitrogens with zero attached hydrogens (tertiary/aromatic N) is 3. The molecule has 0 aliphatic rings. The Morgan fingerprint density at radius 1 is 1.39 bits per heavy atom. The van der Waals surface area contributed by atoms with Crippen LogP contribution >= 0.6 is 0 Å². The van der Waals surface area contributed by atoms with Gasteiger partial charge in [0, 0.05) is 24.2 Å². The molecular formula is C11H14N4O2S. The molecule has 0 heterocycles. The van der Waals surface area contributed by atoms with E-state index in [0.29, 0.717) is 6.54 Å². The normalized spacial score (nSPS) is 11.2. The summed E-state index contributed by atoms with van der Waals surface area (Å²) in [6, 6.07) is 6.62. The molecule has 1 aromatic carbocycles. The molecule has 0 bridgehead atoms. The van der Waals surface area contributed by atoms with E-state index in [-0.39, 0.29) is 11.4 Å². The smallest absolute Gasteiger partial charge is 0.201 e. The van der Waals surface area contributed by atoms with Crippen LogP contribution in [0.1, 0.15) is 5.56 Å². The number of azide groups is 1. The van der Waals surface area contributed by atoms with Crippen molar-refractivity contribution in [1.82, 2.24) is 5.32 Å². The molecule has 0 fully saturated rings. The standard InChI is InChI=1S/C11H14N4O2S/c1-10-2-4-11(5-3-10)18(16,17)9-8-13-6-7-14-15-12/h2-5,8-9,13H,6-7H2,1H3. The van der Waals surface area contributed by atoms with E-state index < -0.39 is 9.84 Å². The zero-order valence-electron chi connectivity index (χ0n) is 9.94. The molecule has 0 aromatic heterocycles. The zero-order valence-corrected chi connectivity index (χ0v) is 10.8. The average molecular weight is 266 g/mol. The number of rotatable bonds is 6. The van der Waals surface area contributed by atoms with Crippen LogP contribution < -0.4 is 5.32 Å². The van der Waals surface area contributed by atoms with E-state index in [9.17, 15) is 8.42 Å². The Labute approximate surface area is 106 Å². The van der Waals surface area contributed by atoms with E-state index in [4.69, 9.17) is 5.53 Å². The Hall–Kier alpha value is -1.98. The molecule has 0 amide bonds. The molecule has 0 atom stereocenters. The summed E-state index contributed by atoms with van der Waals surface area (Å²) >= 11 is 0. The Balaban J connectivity index is 2.62. The van der Waals surface area contributed by atoms with E-state index in [2.05, 4.69) is 15.3 Å². The summed E-state index contributed by atoms with van der Waals surface area (Å²) in [6.07, 6.45) is 1.34. The lowest BCUT2D eigenvalue weighted by molar-refractivity contribution is 0.604. The van der Waals surface area contributed by atoms with Crippen molar-refractivity contribution < 1.29 is 8.42 Å². The van der Waals surface area contributed by atoms with Gasteiger partial charge in [0.15, 0.2) is 0 Å². The highest BCUT2D eigenvalue weighted by atomic mass is 32.2. The predicted octanol–water partition coefficient (Wildman–Crippen LogP) is 2.14. The number of benzene rings is 1. The van der Waals surface area contributed by atoms with Crippen molar-refractivity contribution in [3.8, 4) is 0 Å². The lowest BCUT2D eigenvalue weighted by Crippen LogP contribution is -2.10. The van der Waals surface area contributed by atoms with E-state index in [1.54, 1.807) is 24.3 Å². The van der Waals surface area contributed by atoms with Crippen LogP contribution in [-0.4, -0.2) is 21.5 Å². The van der Waals surface area contributed by atoms with Crippen LogP contribution in [0, 0.1) is 6.92 Å².